The first-order valence-corrected chi connectivity index (χ1v) is 10.7. The molecule has 4 heterocycles. The molecule has 0 unspecified atom stereocenters. The zero-order valence-corrected chi connectivity index (χ0v) is 17.5. The van der Waals surface area contributed by atoms with Gasteiger partial charge in [-0.2, -0.15) is 0 Å². The number of halogens is 1. The van der Waals surface area contributed by atoms with Crippen molar-refractivity contribution in [3.63, 3.8) is 0 Å². The van der Waals surface area contributed by atoms with Crippen LogP contribution in [0.25, 0.3) is 10.2 Å². The number of carbonyl (C=O) groups excluding carboxylic acids is 1. The summed E-state index contributed by atoms with van der Waals surface area (Å²) < 4.78 is 1.62. The molecule has 30 heavy (non-hydrogen) atoms. The van der Waals surface area contributed by atoms with E-state index in [1.54, 1.807) is 52.5 Å². The molecule has 1 amide bonds. The monoisotopic (exact) mass is 436 g/mol. The summed E-state index contributed by atoms with van der Waals surface area (Å²) in [6.07, 6.45) is 5.68. The van der Waals surface area contributed by atoms with Crippen LogP contribution in [0.3, 0.4) is 0 Å². The molecule has 0 saturated carbocycles. The molecule has 0 bridgehead atoms. The number of amides is 1. The molecule has 1 aliphatic rings. The van der Waals surface area contributed by atoms with Crippen LogP contribution in [0.2, 0.25) is 5.02 Å². The molecule has 5 rings (SSSR count). The maximum absolute atomic E-state index is 13.2. The van der Waals surface area contributed by atoms with Gasteiger partial charge < -0.3 is 4.90 Å². The predicted molar refractivity (Wildman–Crippen MR) is 117 cm³/mol. The number of carbonyl (C=O) groups is 1. The fourth-order valence-corrected chi connectivity index (χ4v) is 5.18. The van der Waals surface area contributed by atoms with Crippen LogP contribution in [0.4, 0.5) is 0 Å². The second-order valence-corrected chi connectivity index (χ2v) is 8.73. The number of thiophene rings is 1. The lowest BCUT2D eigenvalue weighted by Crippen LogP contribution is -2.35. The van der Waals surface area contributed by atoms with Gasteiger partial charge in [0, 0.05) is 34.4 Å². The van der Waals surface area contributed by atoms with Gasteiger partial charge in [0.25, 0.3) is 11.5 Å². The van der Waals surface area contributed by atoms with Gasteiger partial charge in [0.15, 0.2) is 0 Å². The molecular formula is C22H17ClN4O2S. The Morgan fingerprint density at radius 2 is 2.13 bits per heavy atom. The Labute approximate surface area is 181 Å². The van der Waals surface area contributed by atoms with Crippen LogP contribution < -0.4 is 5.56 Å². The minimum Gasteiger partial charge on any atom is -0.333 e. The van der Waals surface area contributed by atoms with Gasteiger partial charge in [0.05, 0.1) is 24.8 Å². The standard InChI is InChI=1S/C22H17ClN4O2S/c23-16-5-1-4-15(9-16)21(28)26-8-6-17-18(12-26)30-20-19(17)22(29)27(13-25-20)11-14-3-2-7-24-10-14/h1-5,7,9-10,13H,6,8,11-12H2. The van der Waals surface area contributed by atoms with E-state index in [0.29, 0.717) is 42.0 Å². The summed E-state index contributed by atoms with van der Waals surface area (Å²) in [5.41, 5.74) is 2.49. The molecule has 1 aliphatic heterocycles. The number of benzene rings is 1. The summed E-state index contributed by atoms with van der Waals surface area (Å²) >= 11 is 7.53. The topological polar surface area (TPSA) is 68.1 Å². The van der Waals surface area contributed by atoms with Crippen LogP contribution in [0, 0.1) is 0 Å². The Balaban J connectivity index is 1.47. The largest absolute Gasteiger partial charge is 0.333 e. The average molecular weight is 437 g/mol. The third-order valence-corrected chi connectivity index (χ3v) is 6.62. The first-order valence-electron chi connectivity index (χ1n) is 9.53. The first-order chi connectivity index (χ1) is 14.6. The van der Waals surface area contributed by atoms with Crippen LogP contribution in [0.15, 0.2) is 59.9 Å². The van der Waals surface area contributed by atoms with E-state index in [1.807, 2.05) is 12.1 Å². The van der Waals surface area contributed by atoms with E-state index in [1.165, 1.54) is 11.3 Å². The van der Waals surface area contributed by atoms with Gasteiger partial charge in [-0.15, -0.1) is 11.3 Å². The lowest BCUT2D eigenvalue weighted by Gasteiger charge is -2.27. The number of aromatic nitrogens is 3. The lowest BCUT2D eigenvalue weighted by atomic mass is 10.0. The Kier molecular flexibility index (Phi) is 4.84. The average Bonchev–Trinajstić information content (AvgIpc) is 3.14. The van der Waals surface area contributed by atoms with Gasteiger partial charge in [-0.1, -0.05) is 23.7 Å². The highest BCUT2D eigenvalue weighted by molar-refractivity contribution is 7.18. The minimum absolute atomic E-state index is 0.0454. The van der Waals surface area contributed by atoms with Gasteiger partial charge in [-0.25, -0.2) is 4.98 Å². The molecule has 0 spiro atoms. The summed E-state index contributed by atoms with van der Waals surface area (Å²) in [6, 6.07) is 10.8. The summed E-state index contributed by atoms with van der Waals surface area (Å²) in [7, 11) is 0. The molecule has 6 nitrogen and oxygen atoms in total. The molecule has 0 atom stereocenters. The smallest absolute Gasteiger partial charge is 0.262 e. The first kappa shape index (κ1) is 19.0. The third-order valence-electron chi connectivity index (χ3n) is 5.26. The molecule has 4 aromatic rings. The van der Waals surface area contributed by atoms with Crippen LogP contribution in [0.5, 0.6) is 0 Å². The Morgan fingerprint density at radius 3 is 2.93 bits per heavy atom. The second kappa shape index (κ2) is 7.66. The van der Waals surface area contributed by atoms with Crippen molar-refractivity contribution in [2.75, 3.05) is 6.54 Å². The molecule has 0 fully saturated rings. The molecule has 3 aromatic heterocycles. The number of nitrogens with zero attached hydrogens (tertiary/aromatic N) is 4. The molecular weight excluding hydrogens is 420 g/mol. The molecule has 150 valence electrons. The van der Waals surface area contributed by atoms with Crippen LogP contribution in [0.1, 0.15) is 26.4 Å². The number of fused-ring (bicyclic) bond motifs is 3. The maximum atomic E-state index is 13.2. The molecule has 0 N–H and O–H groups in total. The number of hydrogen-bond acceptors (Lipinski definition) is 5. The minimum atomic E-state index is -0.0532. The fraction of sp³-hybridized carbons (Fsp3) is 0.182. The number of pyridine rings is 1. The highest BCUT2D eigenvalue weighted by atomic mass is 35.5. The zero-order chi connectivity index (χ0) is 20.7. The molecule has 0 saturated heterocycles. The normalized spacial score (nSPS) is 13.4. The fourth-order valence-electron chi connectivity index (χ4n) is 3.80. The van der Waals surface area contributed by atoms with E-state index in [-0.39, 0.29) is 11.5 Å². The highest BCUT2D eigenvalue weighted by Crippen LogP contribution is 2.33. The van der Waals surface area contributed by atoms with Crippen molar-refractivity contribution in [1.29, 1.82) is 0 Å². The predicted octanol–water partition coefficient (Wildman–Crippen LogP) is 3.75. The van der Waals surface area contributed by atoms with Gasteiger partial charge in [0.1, 0.15) is 4.83 Å². The molecule has 0 aliphatic carbocycles. The van der Waals surface area contributed by atoms with Crippen molar-refractivity contribution in [3.05, 3.63) is 92.1 Å². The van der Waals surface area contributed by atoms with E-state index in [0.717, 1.165) is 20.8 Å². The van der Waals surface area contributed by atoms with E-state index in [9.17, 15) is 9.59 Å². The van der Waals surface area contributed by atoms with Crippen molar-refractivity contribution in [2.45, 2.75) is 19.5 Å². The molecule has 0 radical (unpaired) electrons. The van der Waals surface area contributed by atoms with Gasteiger partial charge >= 0.3 is 0 Å². The number of rotatable bonds is 3. The molecule has 1 aromatic carbocycles. The number of hydrogen-bond donors (Lipinski definition) is 0. The van der Waals surface area contributed by atoms with Crippen LogP contribution >= 0.6 is 22.9 Å². The van der Waals surface area contributed by atoms with Crippen molar-refractivity contribution in [3.8, 4) is 0 Å². The Bertz CT molecular complexity index is 1320. The van der Waals surface area contributed by atoms with E-state index >= 15 is 0 Å². The van der Waals surface area contributed by atoms with Crippen LogP contribution in [-0.2, 0) is 19.5 Å². The Morgan fingerprint density at radius 1 is 1.23 bits per heavy atom. The quantitative estimate of drug-likeness (QED) is 0.490. The van der Waals surface area contributed by atoms with Crippen molar-refractivity contribution in [2.24, 2.45) is 0 Å². The van der Waals surface area contributed by atoms with Crippen molar-refractivity contribution >= 4 is 39.1 Å². The maximum Gasteiger partial charge on any atom is 0.262 e. The molecule has 8 heteroatoms. The van der Waals surface area contributed by atoms with E-state index in [4.69, 9.17) is 11.6 Å². The van der Waals surface area contributed by atoms with Crippen LogP contribution in [-0.4, -0.2) is 31.9 Å². The van der Waals surface area contributed by atoms with Crippen molar-refractivity contribution in [1.82, 2.24) is 19.4 Å². The lowest BCUT2D eigenvalue weighted by molar-refractivity contribution is 0.0737. The van der Waals surface area contributed by atoms with E-state index < -0.39 is 0 Å². The van der Waals surface area contributed by atoms with Gasteiger partial charge in [-0.3, -0.25) is 19.1 Å². The zero-order valence-electron chi connectivity index (χ0n) is 15.9. The summed E-state index contributed by atoms with van der Waals surface area (Å²) in [5.74, 6) is -0.0532. The summed E-state index contributed by atoms with van der Waals surface area (Å²) in [4.78, 5) is 38.2. The van der Waals surface area contributed by atoms with Gasteiger partial charge in [-0.05, 0) is 41.8 Å². The SMILES string of the molecule is O=C(c1cccc(Cl)c1)N1CCc2c(sc3ncn(Cc4cccnc4)c(=O)c23)C1. The highest BCUT2D eigenvalue weighted by Gasteiger charge is 2.27. The summed E-state index contributed by atoms with van der Waals surface area (Å²) in [6.45, 7) is 1.46. The van der Waals surface area contributed by atoms with Gasteiger partial charge in [0.2, 0.25) is 0 Å². The second-order valence-electron chi connectivity index (χ2n) is 7.21. The Hall–Kier alpha value is -3.03. The third kappa shape index (κ3) is 3.40. The van der Waals surface area contributed by atoms with E-state index in [2.05, 4.69) is 9.97 Å². The van der Waals surface area contributed by atoms with Crippen molar-refractivity contribution < 1.29 is 4.79 Å². The summed E-state index contributed by atoms with van der Waals surface area (Å²) in [5, 5.41) is 1.22.